The van der Waals surface area contributed by atoms with Gasteiger partial charge in [-0.2, -0.15) is 4.52 Å². The summed E-state index contributed by atoms with van der Waals surface area (Å²) in [6.45, 7) is 9.23. The van der Waals surface area contributed by atoms with Gasteiger partial charge in [0, 0.05) is 32.2 Å². The van der Waals surface area contributed by atoms with Crippen molar-refractivity contribution in [3.05, 3.63) is 18.0 Å². The monoisotopic (exact) mass is 317 g/mol. The minimum atomic E-state index is -0.0777. The largest absolute Gasteiger partial charge is 0.381 e. The summed E-state index contributed by atoms with van der Waals surface area (Å²) in [7, 11) is 2.11. The van der Waals surface area contributed by atoms with E-state index in [1.54, 1.807) is 0 Å². The maximum absolute atomic E-state index is 5.43. The lowest BCUT2D eigenvalue weighted by Gasteiger charge is -2.25. The first-order valence-corrected chi connectivity index (χ1v) is 8.47. The van der Waals surface area contributed by atoms with Crippen LogP contribution in [0.2, 0.25) is 0 Å². The average Bonchev–Trinajstić information content (AvgIpc) is 2.96. The highest BCUT2D eigenvalue weighted by molar-refractivity contribution is 5.45. The van der Waals surface area contributed by atoms with E-state index < -0.39 is 0 Å². The zero-order valence-corrected chi connectivity index (χ0v) is 14.6. The molecule has 0 amide bonds. The van der Waals surface area contributed by atoms with Gasteiger partial charge in [0.2, 0.25) is 0 Å². The SMILES string of the molecule is CN(CCC1CCOCC1)c1ccc2nnc(C(C)(C)C)n2n1. The molecule has 0 aliphatic carbocycles. The summed E-state index contributed by atoms with van der Waals surface area (Å²) in [5, 5.41) is 13.3. The first kappa shape index (κ1) is 16.2. The zero-order valence-electron chi connectivity index (χ0n) is 14.6. The van der Waals surface area contributed by atoms with Crippen LogP contribution in [0.15, 0.2) is 12.1 Å². The molecule has 6 nitrogen and oxygen atoms in total. The van der Waals surface area contributed by atoms with Crippen molar-refractivity contribution in [2.75, 3.05) is 31.7 Å². The Balaban J connectivity index is 1.73. The Hall–Kier alpha value is -1.69. The fraction of sp³-hybridized carbons (Fsp3) is 0.706. The topological polar surface area (TPSA) is 55.5 Å². The second-order valence-electron chi connectivity index (χ2n) is 7.50. The van der Waals surface area contributed by atoms with Crippen molar-refractivity contribution in [2.24, 2.45) is 5.92 Å². The Morgan fingerprint density at radius 2 is 1.96 bits per heavy atom. The third-order valence-corrected chi connectivity index (χ3v) is 4.52. The second-order valence-corrected chi connectivity index (χ2v) is 7.50. The molecular weight excluding hydrogens is 290 g/mol. The Morgan fingerprint density at radius 1 is 1.22 bits per heavy atom. The van der Waals surface area contributed by atoms with Crippen LogP contribution < -0.4 is 4.90 Å². The van der Waals surface area contributed by atoms with Gasteiger partial charge in [0.05, 0.1) is 0 Å². The van der Waals surface area contributed by atoms with Gasteiger partial charge in [-0.25, -0.2) is 0 Å². The molecule has 0 spiro atoms. The summed E-state index contributed by atoms with van der Waals surface area (Å²) < 4.78 is 7.31. The molecule has 3 rings (SSSR count). The molecule has 0 saturated carbocycles. The summed E-state index contributed by atoms with van der Waals surface area (Å²) >= 11 is 0. The van der Waals surface area contributed by atoms with Crippen LogP contribution in [-0.4, -0.2) is 46.6 Å². The Morgan fingerprint density at radius 3 is 2.65 bits per heavy atom. The van der Waals surface area contributed by atoms with E-state index in [1.807, 2.05) is 16.6 Å². The molecule has 0 aromatic carbocycles. The van der Waals surface area contributed by atoms with E-state index >= 15 is 0 Å². The predicted octanol–water partition coefficient (Wildman–Crippen LogP) is 2.67. The fourth-order valence-electron chi connectivity index (χ4n) is 2.98. The smallest absolute Gasteiger partial charge is 0.178 e. The highest BCUT2D eigenvalue weighted by atomic mass is 16.5. The van der Waals surface area contributed by atoms with Gasteiger partial charge in [0.15, 0.2) is 11.5 Å². The molecule has 6 heteroatoms. The van der Waals surface area contributed by atoms with Crippen LogP contribution in [-0.2, 0) is 10.2 Å². The number of nitrogens with zero attached hydrogens (tertiary/aromatic N) is 5. The molecule has 0 radical (unpaired) electrons. The molecule has 1 aliphatic heterocycles. The standard InChI is InChI=1S/C17H27N5O/c1-17(2,3)16-19-18-14-5-6-15(20-22(14)16)21(4)10-7-13-8-11-23-12-9-13/h5-6,13H,7-12H2,1-4H3. The number of hydrogen-bond donors (Lipinski definition) is 0. The van der Waals surface area contributed by atoms with Crippen molar-refractivity contribution in [3.8, 4) is 0 Å². The van der Waals surface area contributed by atoms with Crippen LogP contribution in [0.3, 0.4) is 0 Å². The minimum Gasteiger partial charge on any atom is -0.381 e. The van der Waals surface area contributed by atoms with Crippen LogP contribution >= 0.6 is 0 Å². The van der Waals surface area contributed by atoms with Crippen molar-refractivity contribution in [3.63, 3.8) is 0 Å². The number of aromatic nitrogens is 4. The fourth-order valence-corrected chi connectivity index (χ4v) is 2.98. The van der Waals surface area contributed by atoms with Crippen LogP contribution in [0.4, 0.5) is 5.82 Å². The van der Waals surface area contributed by atoms with Crippen molar-refractivity contribution in [1.82, 2.24) is 19.8 Å². The van der Waals surface area contributed by atoms with E-state index in [0.29, 0.717) is 0 Å². The van der Waals surface area contributed by atoms with Crippen LogP contribution in [0.5, 0.6) is 0 Å². The molecule has 0 bridgehead atoms. The molecule has 3 heterocycles. The van der Waals surface area contributed by atoms with E-state index in [1.165, 1.54) is 19.3 Å². The summed E-state index contributed by atoms with van der Waals surface area (Å²) in [5.41, 5.74) is 0.725. The highest BCUT2D eigenvalue weighted by Crippen LogP contribution is 2.22. The third kappa shape index (κ3) is 3.63. The first-order valence-electron chi connectivity index (χ1n) is 8.47. The molecule has 126 valence electrons. The van der Waals surface area contributed by atoms with Gasteiger partial charge in [-0.3, -0.25) is 0 Å². The molecule has 1 aliphatic rings. The quantitative estimate of drug-likeness (QED) is 0.868. The Kier molecular flexibility index (Phi) is 4.53. The van der Waals surface area contributed by atoms with Gasteiger partial charge < -0.3 is 9.64 Å². The van der Waals surface area contributed by atoms with Crippen molar-refractivity contribution >= 4 is 11.5 Å². The highest BCUT2D eigenvalue weighted by Gasteiger charge is 2.22. The van der Waals surface area contributed by atoms with E-state index in [-0.39, 0.29) is 5.41 Å². The average molecular weight is 317 g/mol. The maximum atomic E-state index is 5.43. The van der Waals surface area contributed by atoms with E-state index in [4.69, 9.17) is 9.84 Å². The van der Waals surface area contributed by atoms with Crippen LogP contribution in [0.1, 0.15) is 45.9 Å². The minimum absolute atomic E-state index is 0.0777. The first-order chi connectivity index (χ1) is 10.9. The Labute approximate surface area is 137 Å². The Bertz CT molecular complexity index is 655. The number of anilines is 1. The lowest BCUT2D eigenvalue weighted by atomic mass is 9.96. The molecule has 0 N–H and O–H groups in total. The third-order valence-electron chi connectivity index (χ3n) is 4.52. The molecule has 2 aromatic rings. The summed E-state index contributed by atoms with van der Waals surface area (Å²) in [4.78, 5) is 2.22. The van der Waals surface area contributed by atoms with E-state index in [9.17, 15) is 0 Å². The summed E-state index contributed by atoms with van der Waals surface area (Å²) in [6, 6.07) is 4.02. The molecule has 0 unspecified atom stereocenters. The van der Waals surface area contributed by atoms with Gasteiger partial charge >= 0.3 is 0 Å². The zero-order chi connectivity index (χ0) is 16.4. The van der Waals surface area contributed by atoms with E-state index in [2.05, 4.69) is 42.9 Å². The predicted molar refractivity (Wildman–Crippen MR) is 90.9 cm³/mol. The van der Waals surface area contributed by atoms with Gasteiger partial charge in [-0.05, 0) is 37.3 Å². The molecule has 0 atom stereocenters. The van der Waals surface area contributed by atoms with Gasteiger partial charge in [0.25, 0.3) is 0 Å². The normalized spacial score (nSPS) is 16.9. The summed E-state index contributed by atoms with van der Waals surface area (Å²) in [6.07, 6.45) is 3.55. The second kappa shape index (κ2) is 6.43. The lowest BCUT2D eigenvalue weighted by molar-refractivity contribution is 0.0645. The lowest BCUT2D eigenvalue weighted by Crippen LogP contribution is -2.25. The molecule has 1 saturated heterocycles. The molecule has 23 heavy (non-hydrogen) atoms. The number of hydrogen-bond acceptors (Lipinski definition) is 5. The van der Waals surface area contributed by atoms with Gasteiger partial charge in [-0.15, -0.1) is 15.3 Å². The van der Waals surface area contributed by atoms with Gasteiger partial charge in [-0.1, -0.05) is 20.8 Å². The number of rotatable bonds is 4. The van der Waals surface area contributed by atoms with Gasteiger partial charge in [0.1, 0.15) is 5.82 Å². The molecular formula is C17H27N5O. The van der Waals surface area contributed by atoms with Crippen molar-refractivity contribution in [1.29, 1.82) is 0 Å². The van der Waals surface area contributed by atoms with Crippen molar-refractivity contribution in [2.45, 2.75) is 45.4 Å². The summed E-state index contributed by atoms with van der Waals surface area (Å²) in [5.74, 6) is 2.64. The molecule has 2 aromatic heterocycles. The van der Waals surface area contributed by atoms with Crippen molar-refractivity contribution < 1.29 is 4.74 Å². The van der Waals surface area contributed by atoms with E-state index in [0.717, 1.165) is 43.0 Å². The molecule has 1 fully saturated rings. The van der Waals surface area contributed by atoms with Crippen LogP contribution in [0, 0.1) is 5.92 Å². The maximum Gasteiger partial charge on any atom is 0.178 e. The number of fused-ring (bicyclic) bond motifs is 1. The number of ether oxygens (including phenoxy) is 1. The van der Waals surface area contributed by atoms with Crippen LogP contribution in [0.25, 0.3) is 5.65 Å².